The van der Waals surface area contributed by atoms with Crippen LogP contribution in [0.4, 0.5) is 0 Å². The lowest BCUT2D eigenvalue weighted by Gasteiger charge is -2.33. The Kier molecular flexibility index (Phi) is 5.26. The number of aliphatic carboxylic acids is 1. The number of carboxylic acid groups (broad SMARTS) is 1. The molecule has 3 nitrogen and oxygen atoms in total. The van der Waals surface area contributed by atoms with Crippen LogP contribution in [0.1, 0.15) is 42.9 Å². The SMILES string of the molecule is Cc1cc(Br)c(C(O)C2CCCCC2C(=O)O)cc1Br. The molecule has 0 aromatic heterocycles. The zero-order valence-electron chi connectivity index (χ0n) is 11.3. The number of aliphatic hydroxyl groups is 1. The number of rotatable bonds is 3. The number of hydrogen-bond donors (Lipinski definition) is 2. The van der Waals surface area contributed by atoms with E-state index in [2.05, 4.69) is 31.9 Å². The van der Waals surface area contributed by atoms with Gasteiger partial charge in [0.1, 0.15) is 0 Å². The highest BCUT2D eigenvalue weighted by atomic mass is 79.9. The highest BCUT2D eigenvalue weighted by Gasteiger charge is 2.36. The maximum Gasteiger partial charge on any atom is 0.306 e. The number of aliphatic hydroxyl groups excluding tert-OH is 1. The van der Waals surface area contributed by atoms with E-state index in [-0.39, 0.29) is 5.92 Å². The summed E-state index contributed by atoms with van der Waals surface area (Å²) in [6.45, 7) is 1.98. The molecule has 0 bridgehead atoms. The van der Waals surface area contributed by atoms with E-state index in [1.165, 1.54) is 0 Å². The molecule has 20 heavy (non-hydrogen) atoms. The Morgan fingerprint density at radius 2 is 1.90 bits per heavy atom. The summed E-state index contributed by atoms with van der Waals surface area (Å²) in [6, 6.07) is 3.83. The van der Waals surface area contributed by atoms with Crippen LogP contribution >= 0.6 is 31.9 Å². The lowest BCUT2D eigenvalue weighted by Crippen LogP contribution is -2.31. The fourth-order valence-corrected chi connectivity index (χ4v) is 4.02. The molecule has 2 rings (SSSR count). The van der Waals surface area contributed by atoms with Crippen molar-refractivity contribution >= 4 is 37.8 Å². The summed E-state index contributed by atoms with van der Waals surface area (Å²) in [4.78, 5) is 11.4. The van der Waals surface area contributed by atoms with Crippen LogP contribution in [-0.2, 0) is 4.79 Å². The van der Waals surface area contributed by atoms with E-state index < -0.39 is 18.0 Å². The van der Waals surface area contributed by atoms with Crippen LogP contribution in [0.3, 0.4) is 0 Å². The fourth-order valence-electron chi connectivity index (χ4n) is 2.96. The molecule has 1 aliphatic carbocycles. The van der Waals surface area contributed by atoms with Crippen molar-refractivity contribution in [2.75, 3.05) is 0 Å². The molecule has 3 atom stereocenters. The average molecular weight is 406 g/mol. The van der Waals surface area contributed by atoms with Crippen molar-refractivity contribution in [3.05, 3.63) is 32.2 Å². The van der Waals surface area contributed by atoms with E-state index in [1.807, 2.05) is 19.1 Å². The van der Waals surface area contributed by atoms with Gasteiger partial charge in [-0.25, -0.2) is 0 Å². The molecule has 1 aromatic rings. The Balaban J connectivity index is 2.32. The summed E-state index contributed by atoms with van der Waals surface area (Å²) in [5, 5.41) is 20.0. The zero-order valence-corrected chi connectivity index (χ0v) is 14.4. The van der Waals surface area contributed by atoms with Gasteiger partial charge in [-0.2, -0.15) is 0 Å². The lowest BCUT2D eigenvalue weighted by atomic mass is 9.74. The number of carbonyl (C=O) groups is 1. The van der Waals surface area contributed by atoms with Crippen molar-refractivity contribution in [2.45, 2.75) is 38.7 Å². The second-order valence-electron chi connectivity index (χ2n) is 5.46. The Morgan fingerprint density at radius 3 is 2.55 bits per heavy atom. The van der Waals surface area contributed by atoms with E-state index in [4.69, 9.17) is 0 Å². The van der Waals surface area contributed by atoms with Crippen LogP contribution in [0.25, 0.3) is 0 Å². The van der Waals surface area contributed by atoms with Gasteiger partial charge in [0.15, 0.2) is 0 Å². The van der Waals surface area contributed by atoms with Crippen molar-refractivity contribution in [3.8, 4) is 0 Å². The second kappa shape index (κ2) is 6.58. The highest BCUT2D eigenvalue weighted by Crippen LogP contribution is 2.41. The van der Waals surface area contributed by atoms with Gasteiger partial charge in [0.05, 0.1) is 12.0 Å². The molecule has 0 aliphatic heterocycles. The minimum absolute atomic E-state index is 0.216. The third-order valence-electron chi connectivity index (χ3n) is 4.14. The minimum Gasteiger partial charge on any atom is -0.481 e. The van der Waals surface area contributed by atoms with Gasteiger partial charge in [-0.05, 0) is 43.0 Å². The number of benzene rings is 1. The summed E-state index contributed by atoms with van der Waals surface area (Å²) in [7, 11) is 0. The first-order chi connectivity index (χ1) is 9.41. The summed E-state index contributed by atoms with van der Waals surface area (Å²) in [6.07, 6.45) is 2.58. The Morgan fingerprint density at radius 1 is 1.25 bits per heavy atom. The van der Waals surface area contributed by atoms with Crippen LogP contribution < -0.4 is 0 Å². The maximum absolute atomic E-state index is 11.4. The standard InChI is InChI=1S/C15H18Br2O3/c1-8-6-13(17)11(7-12(8)16)14(18)9-4-2-3-5-10(9)15(19)20/h6-7,9-10,14,18H,2-5H2,1H3,(H,19,20). The van der Waals surface area contributed by atoms with E-state index in [0.717, 1.165) is 39.3 Å². The van der Waals surface area contributed by atoms with Crippen molar-refractivity contribution in [1.29, 1.82) is 0 Å². The molecule has 1 aliphatic rings. The molecule has 1 aromatic carbocycles. The first-order valence-electron chi connectivity index (χ1n) is 6.78. The molecule has 0 heterocycles. The Bertz CT molecular complexity index is 516. The van der Waals surface area contributed by atoms with Gasteiger partial charge in [-0.1, -0.05) is 44.7 Å². The molecule has 1 fully saturated rings. The third kappa shape index (κ3) is 3.26. The number of halogens is 2. The molecule has 0 saturated heterocycles. The molecular weight excluding hydrogens is 388 g/mol. The Hall–Kier alpha value is -0.390. The molecule has 3 unspecified atom stereocenters. The van der Waals surface area contributed by atoms with Gasteiger partial charge in [0.2, 0.25) is 0 Å². The second-order valence-corrected chi connectivity index (χ2v) is 7.17. The maximum atomic E-state index is 11.4. The summed E-state index contributed by atoms with van der Waals surface area (Å²) in [5.41, 5.74) is 1.84. The van der Waals surface area contributed by atoms with E-state index in [1.54, 1.807) is 0 Å². The predicted molar refractivity (Wildman–Crippen MR) is 84.6 cm³/mol. The quantitative estimate of drug-likeness (QED) is 0.781. The van der Waals surface area contributed by atoms with Crippen molar-refractivity contribution in [2.24, 2.45) is 11.8 Å². The van der Waals surface area contributed by atoms with Gasteiger partial charge in [-0.15, -0.1) is 0 Å². The van der Waals surface area contributed by atoms with Gasteiger partial charge < -0.3 is 10.2 Å². The first kappa shape index (κ1) is 16.0. The monoisotopic (exact) mass is 404 g/mol. The van der Waals surface area contributed by atoms with Crippen molar-refractivity contribution in [1.82, 2.24) is 0 Å². The normalized spacial score (nSPS) is 24.4. The van der Waals surface area contributed by atoms with Crippen LogP contribution in [0.2, 0.25) is 0 Å². The van der Waals surface area contributed by atoms with Gasteiger partial charge in [0, 0.05) is 14.9 Å². The summed E-state index contributed by atoms with van der Waals surface area (Å²) in [5.74, 6) is -1.46. The van der Waals surface area contributed by atoms with E-state index in [0.29, 0.717) is 6.42 Å². The molecular formula is C15H18Br2O3. The molecule has 110 valence electrons. The fraction of sp³-hybridized carbons (Fsp3) is 0.533. The topological polar surface area (TPSA) is 57.5 Å². The van der Waals surface area contributed by atoms with E-state index >= 15 is 0 Å². The molecule has 0 radical (unpaired) electrons. The molecule has 0 amide bonds. The number of hydrogen-bond acceptors (Lipinski definition) is 2. The zero-order chi connectivity index (χ0) is 14.9. The number of carboxylic acids is 1. The van der Waals surface area contributed by atoms with E-state index in [9.17, 15) is 15.0 Å². The van der Waals surface area contributed by atoms with Crippen LogP contribution in [0.5, 0.6) is 0 Å². The molecule has 1 saturated carbocycles. The van der Waals surface area contributed by atoms with Crippen LogP contribution in [-0.4, -0.2) is 16.2 Å². The molecule has 0 spiro atoms. The Labute approximate surface area is 135 Å². The lowest BCUT2D eigenvalue weighted by molar-refractivity contribution is -0.147. The minimum atomic E-state index is -0.795. The summed E-state index contributed by atoms with van der Waals surface area (Å²) >= 11 is 6.95. The van der Waals surface area contributed by atoms with Crippen LogP contribution in [0.15, 0.2) is 21.1 Å². The highest BCUT2D eigenvalue weighted by molar-refractivity contribution is 9.11. The van der Waals surface area contributed by atoms with Crippen molar-refractivity contribution in [3.63, 3.8) is 0 Å². The first-order valence-corrected chi connectivity index (χ1v) is 8.37. The number of aryl methyl sites for hydroxylation is 1. The average Bonchev–Trinajstić information content (AvgIpc) is 2.42. The smallest absolute Gasteiger partial charge is 0.306 e. The molecule has 2 N–H and O–H groups in total. The van der Waals surface area contributed by atoms with Gasteiger partial charge >= 0.3 is 5.97 Å². The molecule has 5 heteroatoms. The largest absolute Gasteiger partial charge is 0.481 e. The van der Waals surface area contributed by atoms with Crippen LogP contribution in [0, 0.1) is 18.8 Å². The third-order valence-corrected chi connectivity index (χ3v) is 5.68. The van der Waals surface area contributed by atoms with Gasteiger partial charge in [-0.3, -0.25) is 4.79 Å². The van der Waals surface area contributed by atoms with Gasteiger partial charge in [0.25, 0.3) is 0 Å². The predicted octanol–water partition coefficient (Wildman–Crippen LogP) is 4.44. The van der Waals surface area contributed by atoms with Crippen molar-refractivity contribution < 1.29 is 15.0 Å². The summed E-state index contributed by atoms with van der Waals surface area (Å²) < 4.78 is 1.76.